The quantitative estimate of drug-likeness (QED) is 0.564. The Kier molecular flexibility index (Phi) is 6.81. The monoisotopic (exact) mass is 309 g/mol. The number of hydrogen-bond donors (Lipinski definition) is 3. The van der Waals surface area contributed by atoms with Crippen molar-refractivity contribution in [3.63, 3.8) is 0 Å². The summed E-state index contributed by atoms with van der Waals surface area (Å²) in [5.74, 6) is -2.28. The molecule has 2 amide bonds. The number of nitrogens with one attached hydrogen (secondary N) is 1. The van der Waals surface area contributed by atoms with Crippen molar-refractivity contribution in [2.24, 2.45) is 5.73 Å². The lowest BCUT2D eigenvalue weighted by Gasteiger charge is -2.13. The lowest BCUT2D eigenvalue weighted by atomic mass is 10.1. The molecule has 8 heteroatoms. The van der Waals surface area contributed by atoms with E-state index in [-0.39, 0.29) is 24.8 Å². The van der Waals surface area contributed by atoms with E-state index in [1.807, 2.05) is 0 Å². The number of nitrogens with zero attached hydrogens (tertiary/aromatic N) is 1. The zero-order valence-electron chi connectivity index (χ0n) is 12.0. The number of carboxylic acid groups (broad SMARTS) is 1. The first kappa shape index (κ1) is 17.4. The summed E-state index contributed by atoms with van der Waals surface area (Å²) in [4.78, 5) is 44.8. The van der Waals surface area contributed by atoms with Crippen LogP contribution in [0.3, 0.4) is 0 Å². The molecule has 0 saturated heterocycles. The van der Waals surface area contributed by atoms with E-state index in [4.69, 9.17) is 10.8 Å². The standard InChI is InChI=1S/C14H19N3O5/c15-11(18)7-6-10(14(21)22)16-12(19)4-3-9-17-8-2-1-5-13(17)20/h1-2,5,8,10H,3-4,6-7,9H2,(H2,15,18)(H,16,19)(H,21,22). The molecule has 1 heterocycles. The fourth-order valence-electron chi connectivity index (χ4n) is 1.87. The molecule has 0 bridgehead atoms. The van der Waals surface area contributed by atoms with Crippen molar-refractivity contribution in [1.29, 1.82) is 0 Å². The number of nitrogens with two attached hydrogens (primary N) is 1. The predicted octanol–water partition coefficient (Wildman–Crippen LogP) is -0.537. The van der Waals surface area contributed by atoms with Gasteiger partial charge in [-0.3, -0.25) is 14.4 Å². The van der Waals surface area contributed by atoms with Crippen LogP contribution in [-0.2, 0) is 20.9 Å². The molecule has 0 saturated carbocycles. The molecule has 4 N–H and O–H groups in total. The highest BCUT2D eigenvalue weighted by molar-refractivity contribution is 5.84. The molecule has 0 spiro atoms. The smallest absolute Gasteiger partial charge is 0.326 e. The first-order chi connectivity index (χ1) is 10.4. The van der Waals surface area contributed by atoms with E-state index in [1.54, 1.807) is 18.3 Å². The number of carbonyl (C=O) groups excluding carboxylic acids is 2. The van der Waals surface area contributed by atoms with Gasteiger partial charge in [0.15, 0.2) is 0 Å². The Morgan fingerprint density at radius 2 is 2.00 bits per heavy atom. The van der Waals surface area contributed by atoms with Crippen molar-refractivity contribution >= 4 is 17.8 Å². The van der Waals surface area contributed by atoms with Gasteiger partial charge in [-0.05, 0) is 18.9 Å². The summed E-state index contributed by atoms with van der Waals surface area (Å²) >= 11 is 0. The van der Waals surface area contributed by atoms with Gasteiger partial charge in [-0.25, -0.2) is 4.79 Å². The molecule has 0 aromatic carbocycles. The first-order valence-electron chi connectivity index (χ1n) is 6.86. The number of rotatable bonds is 9. The van der Waals surface area contributed by atoms with Gasteiger partial charge in [0.05, 0.1) is 0 Å². The number of aromatic nitrogens is 1. The highest BCUT2D eigenvalue weighted by Crippen LogP contribution is 2.00. The maximum atomic E-state index is 11.7. The molecule has 1 atom stereocenters. The largest absolute Gasteiger partial charge is 0.480 e. The van der Waals surface area contributed by atoms with Crippen LogP contribution in [0.1, 0.15) is 25.7 Å². The number of aryl methyl sites for hydroxylation is 1. The van der Waals surface area contributed by atoms with Gasteiger partial charge < -0.3 is 20.7 Å². The Bertz CT molecular complexity index is 596. The zero-order valence-corrected chi connectivity index (χ0v) is 12.0. The molecule has 1 aromatic heterocycles. The third-order valence-corrected chi connectivity index (χ3v) is 3.01. The van der Waals surface area contributed by atoms with Crippen LogP contribution in [0.2, 0.25) is 0 Å². The van der Waals surface area contributed by atoms with Gasteiger partial charge in [-0.1, -0.05) is 6.07 Å². The maximum Gasteiger partial charge on any atom is 0.326 e. The minimum atomic E-state index is -1.21. The average Bonchev–Trinajstić information content (AvgIpc) is 2.45. The normalized spacial score (nSPS) is 11.6. The van der Waals surface area contributed by atoms with Gasteiger partial charge in [-0.2, -0.15) is 0 Å². The van der Waals surface area contributed by atoms with Crippen LogP contribution in [0.25, 0.3) is 0 Å². The molecule has 1 unspecified atom stereocenters. The molecular formula is C14H19N3O5. The topological polar surface area (TPSA) is 131 Å². The van der Waals surface area contributed by atoms with Crippen molar-refractivity contribution < 1.29 is 19.5 Å². The van der Waals surface area contributed by atoms with Crippen molar-refractivity contribution in [2.45, 2.75) is 38.3 Å². The van der Waals surface area contributed by atoms with E-state index >= 15 is 0 Å². The lowest BCUT2D eigenvalue weighted by Crippen LogP contribution is -2.41. The Morgan fingerprint density at radius 3 is 2.59 bits per heavy atom. The van der Waals surface area contributed by atoms with Gasteiger partial charge in [0.25, 0.3) is 0 Å². The summed E-state index contributed by atoms with van der Waals surface area (Å²) < 4.78 is 1.47. The van der Waals surface area contributed by atoms with Crippen molar-refractivity contribution in [3.05, 3.63) is 34.7 Å². The number of carbonyl (C=O) groups is 3. The van der Waals surface area contributed by atoms with Gasteiger partial charge in [0, 0.05) is 31.6 Å². The molecular weight excluding hydrogens is 290 g/mol. The van der Waals surface area contributed by atoms with Crippen molar-refractivity contribution in [3.8, 4) is 0 Å². The molecule has 0 aliphatic heterocycles. The number of primary amides is 1. The van der Waals surface area contributed by atoms with E-state index in [9.17, 15) is 19.2 Å². The second-order valence-electron chi connectivity index (χ2n) is 4.80. The van der Waals surface area contributed by atoms with E-state index in [2.05, 4.69) is 5.32 Å². The number of amides is 2. The fraction of sp³-hybridized carbons (Fsp3) is 0.429. The molecule has 0 aliphatic carbocycles. The van der Waals surface area contributed by atoms with Crippen LogP contribution < -0.4 is 16.6 Å². The molecule has 22 heavy (non-hydrogen) atoms. The summed E-state index contributed by atoms with van der Waals surface area (Å²) in [5, 5.41) is 11.3. The summed E-state index contributed by atoms with van der Waals surface area (Å²) in [7, 11) is 0. The van der Waals surface area contributed by atoms with Crippen molar-refractivity contribution in [1.82, 2.24) is 9.88 Å². The maximum absolute atomic E-state index is 11.7. The molecule has 0 aliphatic rings. The van der Waals surface area contributed by atoms with Crippen LogP contribution in [-0.4, -0.2) is 33.5 Å². The van der Waals surface area contributed by atoms with E-state index < -0.39 is 23.8 Å². The fourth-order valence-corrected chi connectivity index (χ4v) is 1.87. The second-order valence-corrected chi connectivity index (χ2v) is 4.80. The molecule has 120 valence electrons. The molecule has 0 fully saturated rings. The van der Waals surface area contributed by atoms with Crippen LogP contribution in [0.15, 0.2) is 29.2 Å². The van der Waals surface area contributed by atoms with Gasteiger partial charge in [0.1, 0.15) is 6.04 Å². The average molecular weight is 309 g/mol. The number of carboxylic acids is 1. The van der Waals surface area contributed by atoms with E-state index in [0.29, 0.717) is 13.0 Å². The van der Waals surface area contributed by atoms with Crippen LogP contribution in [0.4, 0.5) is 0 Å². The Balaban J connectivity index is 2.40. The summed E-state index contributed by atoms with van der Waals surface area (Å²) in [5.41, 5.74) is 4.79. The predicted molar refractivity (Wildman–Crippen MR) is 77.9 cm³/mol. The minimum absolute atomic E-state index is 0.0471. The third-order valence-electron chi connectivity index (χ3n) is 3.01. The Labute approximate surface area is 126 Å². The van der Waals surface area contributed by atoms with Gasteiger partial charge in [0.2, 0.25) is 17.4 Å². The molecule has 0 radical (unpaired) electrons. The summed E-state index contributed by atoms with van der Waals surface area (Å²) in [6, 6.07) is 3.62. The number of aliphatic carboxylic acids is 1. The Morgan fingerprint density at radius 1 is 1.27 bits per heavy atom. The number of pyridine rings is 1. The second kappa shape index (κ2) is 8.60. The van der Waals surface area contributed by atoms with E-state index in [1.165, 1.54) is 10.6 Å². The molecule has 1 aromatic rings. The van der Waals surface area contributed by atoms with Gasteiger partial charge >= 0.3 is 5.97 Å². The minimum Gasteiger partial charge on any atom is -0.480 e. The molecule has 8 nitrogen and oxygen atoms in total. The van der Waals surface area contributed by atoms with Crippen LogP contribution in [0.5, 0.6) is 0 Å². The van der Waals surface area contributed by atoms with Gasteiger partial charge in [-0.15, -0.1) is 0 Å². The zero-order chi connectivity index (χ0) is 16.5. The summed E-state index contributed by atoms with van der Waals surface area (Å²) in [6.45, 7) is 0.367. The lowest BCUT2D eigenvalue weighted by molar-refractivity contribution is -0.142. The SMILES string of the molecule is NC(=O)CCC(NC(=O)CCCn1ccccc1=O)C(=O)O. The third kappa shape index (κ3) is 6.21. The van der Waals surface area contributed by atoms with Crippen LogP contribution in [0, 0.1) is 0 Å². The first-order valence-corrected chi connectivity index (χ1v) is 6.86. The number of hydrogen-bond acceptors (Lipinski definition) is 4. The molecule has 1 rings (SSSR count). The van der Waals surface area contributed by atoms with Crippen LogP contribution >= 0.6 is 0 Å². The highest BCUT2D eigenvalue weighted by Gasteiger charge is 2.20. The highest BCUT2D eigenvalue weighted by atomic mass is 16.4. The Hall–Kier alpha value is -2.64. The summed E-state index contributed by atoms with van der Waals surface area (Å²) in [6.07, 6.45) is 1.94. The van der Waals surface area contributed by atoms with Crippen molar-refractivity contribution in [2.75, 3.05) is 0 Å². The van der Waals surface area contributed by atoms with E-state index in [0.717, 1.165) is 0 Å².